The van der Waals surface area contributed by atoms with E-state index in [1.54, 1.807) is 18.4 Å². The second kappa shape index (κ2) is 3.72. The normalized spacial score (nSPS) is 10.1. The van der Waals surface area contributed by atoms with Crippen molar-refractivity contribution in [1.82, 2.24) is 0 Å². The molecule has 2 aromatic rings. The Morgan fingerprint density at radius 2 is 2.14 bits per heavy atom. The highest BCUT2D eigenvalue weighted by atomic mass is 32.1. The van der Waals surface area contributed by atoms with Crippen LogP contribution < -0.4 is 10.5 Å². The number of rotatable bonds is 2. The molecule has 1 heterocycles. The molecule has 0 spiro atoms. The van der Waals surface area contributed by atoms with Crippen molar-refractivity contribution in [2.75, 3.05) is 12.8 Å². The molecule has 2 rings (SSSR count). The van der Waals surface area contributed by atoms with Crippen molar-refractivity contribution in [2.24, 2.45) is 0 Å². The Morgan fingerprint density at radius 3 is 2.79 bits per heavy atom. The predicted molar refractivity (Wildman–Crippen MR) is 60.7 cm³/mol. The highest BCUT2D eigenvalue weighted by Crippen LogP contribution is 2.35. The van der Waals surface area contributed by atoms with E-state index in [0.717, 1.165) is 16.9 Å². The molecule has 2 N–H and O–H groups in total. The topological polar surface area (TPSA) is 35.2 Å². The molecule has 0 amide bonds. The van der Waals surface area contributed by atoms with Crippen LogP contribution >= 0.6 is 11.3 Å². The molecule has 0 saturated heterocycles. The molecule has 0 unspecified atom stereocenters. The third kappa shape index (κ3) is 1.46. The van der Waals surface area contributed by atoms with Crippen molar-refractivity contribution >= 4 is 17.0 Å². The fourth-order valence-electron chi connectivity index (χ4n) is 1.43. The van der Waals surface area contributed by atoms with Crippen LogP contribution in [-0.4, -0.2) is 7.11 Å². The zero-order valence-corrected chi connectivity index (χ0v) is 8.67. The van der Waals surface area contributed by atoms with E-state index in [0.29, 0.717) is 5.69 Å². The van der Waals surface area contributed by atoms with Crippen LogP contribution in [-0.2, 0) is 0 Å². The molecule has 0 aliphatic carbocycles. The smallest absolute Gasteiger partial charge is 0.149 e. The number of nitrogens with two attached hydrogens (primary N) is 1. The summed E-state index contributed by atoms with van der Waals surface area (Å²) in [6.45, 7) is 0. The largest absolute Gasteiger partial charge is 0.494 e. The quantitative estimate of drug-likeness (QED) is 0.765. The number of para-hydroxylation sites is 1. The van der Waals surface area contributed by atoms with Gasteiger partial charge in [-0.15, -0.1) is 0 Å². The van der Waals surface area contributed by atoms with Gasteiger partial charge in [-0.2, -0.15) is 11.3 Å². The molecule has 1 aromatic heterocycles. The van der Waals surface area contributed by atoms with Gasteiger partial charge < -0.3 is 10.5 Å². The predicted octanol–water partition coefficient (Wildman–Crippen LogP) is 3.01. The van der Waals surface area contributed by atoms with Gasteiger partial charge in [-0.25, -0.2) is 0 Å². The van der Waals surface area contributed by atoms with E-state index < -0.39 is 0 Å². The lowest BCUT2D eigenvalue weighted by molar-refractivity contribution is 0.418. The summed E-state index contributed by atoms with van der Waals surface area (Å²) in [6.07, 6.45) is 0. The lowest BCUT2D eigenvalue weighted by Gasteiger charge is -2.09. The number of benzene rings is 1. The molecule has 0 aliphatic rings. The fraction of sp³-hybridized carbons (Fsp3) is 0.0909. The van der Waals surface area contributed by atoms with Crippen LogP contribution in [0.5, 0.6) is 5.75 Å². The average molecular weight is 205 g/mol. The van der Waals surface area contributed by atoms with E-state index in [4.69, 9.17) is 10.5 Å². The second-order valence-corrected chi connectivity index (χ2v) is 3.72. The van der Waals surface area contributed by atoms with Gasteiger partial charge in [0.15, 0.2) is 0 Å². The van der Waals surface area contributed by atoms with E-state index >= 15 is 0 Å². The minimum Gasteiger partial charge on any atom is -0.494 e. The Kier molecular flexibility index (Phi) is 2.41. The summed E-state index contributed by atoms with van der Waals surface area (Å²) in [5, 5.41) is 4.12. The summed E-state index contributed by atoms with van der Waals surface area (Å²) in [4.78, 5) is 0. The molecule has 14 heavy (non-hydrogen) atoms. The molecule has 0 bridgehead atoms. The van der Waals surface area contributed by atoms with E-state index in [9.17, 15) is 0 Å². The molecule has 3 heteroatoms. The summed E-state index contributed by atoms with van der Waals surface area (Å²) >= 11 is 1.66. The summed E-state index contributed by atoms with van der Waals surface area (Å²) in [5.74, 6) is 0.755. The van der Waals surface area contributed by atoms with Crippen LogP contribution in [0, 0.1) is 0 Å². The molecular weight excluding hydrogens is 194 g/mol. The summed E-state index contributed by atoms with van der Waals surface area (Å²) in [6, 6.07) is 7.85. The molecule has 0 aliphatic heterocycles. The van der Waals surface area contributed by atoms with Crippen molar-refractivity contribution in [3.05, 3.63) is 35.0 Å². The van der Waals surface area contributed by atoms with Gasteiger partial charge in [0.05, 0.1) is 12.8 Å². The third-order valence-electron chi connectivity index (χ3n) is 2.08. The maximum atomic E-state index is 5.82. The first-order valence-electron chi connectivity index (χ1n) is 4.28. The Morgan fingerprint density at radius 1 is 1.29 bits per heavy atom. The van der Waals surface area contributed by atoms with Gasteiger partial charge in [0.25, 0.3) is 0 Å². The lowest BCUT2D eigenvalue weighted by atomic mass is 10.1. The van der Waals surface area contributed by atoms with Crippen LogP contribution in [0.15, 0.2) is 35.0 Å². The van der Waals surface area contributed by atoms with Crippen molar-refractivity contribution in [1.29, 1.82) is 0 Å². The summed E-state index contributed by atoms with van der Waals surface area (Å²) in [7, 11) is 1.64. The molecule has 0 radical (unpaired) electrons. The van der Waals surface area contributed by atoms with E-state index in [2.05, 4.69) is 11.4 Å². The third-order valence-corrected chi connectivity index (χ3v) is 2.77. The molecular formula is C11H11NOS. The summed E-state index contributed by atoms with van der Waals surface area (Å²) < 4.78 is 5.28. The molecule has 0 atom stereocenters. The Labute approximate surface area is 86.9 Å². The van der Waals surface area contributed by atoms with E-state index in [1.165, 1.54) is 0 Å². The number of hydrogen-bond donors (Lipinski definition) is 1. The Hall–Kier alpha value is -1.48. The standard InChI is InChI=1S/C11H11NOS/c1-13-11-9(3-2-4-10(11)12)8-5-6-14-7-8/h2-7H,12H2,1H3. The first-order chi connectivity index (χ1) is 6.83. The number of anilines is 1. The Balaban J connectivity index is 2.58. The van der Waals surface area contributed by atoms with Crippen molar-refractivity contribution in [2.45, 2.75) is 0 Å². The molecule has 0 fully saturated rings. The highest BCUT2D eigenvalue weighted by molar-refractivity contribution is 7.08. The first kappa shape index (κ1) is 9.09. The molecule has 0 saturated carbocycles. The zero-order chi connectivity index (χ0) is 9.97. The monoisotopic (exact) mass is 205 g/mol. The zero-order valence-electron chi connectivity index (χ0n) is 7.86. The number of ether oxygens (including phenoxy) is 1. The molecule has 1 aromatic carbocycles. The maximum absolute atomic E-state index is 5.82. The fourth-order valence-corrected chi connectivity index (χ4v) is 2.08. The van der Waals surface area contributed by atoms with E-state index in [-0.39, 0.29) is 0 Å². The van der Waals surface area contributed by atoms with Gasteiger partial charge >= 0.3 is 0 Å². The van der Waals surface area contributed by atoms with Crippen LogP contribution in [0.2, 0.25) is 0 Å². The minimum absolute atomic E-state index is 0.677. The number of hydrogen-bond acceptors (Lipinski definition) is 3. The number of thiophene rings is 1. The van der Waals surface area contributed by atoms with Crippen LogP contribution in [0.3, 0.4) is 0 Å². The average Bonchev–Trinajstić information content (AvgIpc) is 2.70. The van der Waals surface area contributed by atoms with Gasteiger partial charge in [-0.3, -0.25) is 0 Å². The van der Waals surface area contributed by atoms with E-state index in [1.807, 2.05) is 23.6 Å². The van der Waals surface area contributed by atoms with Crippen molar-refractivity contribution in [3.63, 3.8) is 0 Å². The van der Waals surface area contributed by atoms with Crippen LogP contribution in [0.1, 0.15) is 0 Å². The van der Waals surface area contributed by atoms with Crippen LogP contribution in [0.25, 0.3) is 11.1 Å². The van der Waals surface area contributed by atoms with Crippen molar-refractivity contribution < 1.29 is 4.74 Å². The second-order valence-electron chi connectivity index (χ2n) is 2.94. The number of methoxy groups -OCH3 is 1. The van der Waals surface area contributed by atoms with Gasteiger partial charge in [0.1, 0.15) is 5.75 Å². The van der Waals surface area contributed by atoms with Gasteiger partial charge in [0.2, 0.25) is 0 Å². The first-order valence-corrected chi connectivity index (χ1v) is 5.22. The molecule has 72 valence electrons. The van der Waals surface area contributed by atoms with Gasteiger partial charge in [-0.05, 0) is 28.5 Å². The highest BCUT2D eigenvalue weighted by Gasteiger charge is 2.08. The van der Waals surface area contributed by atoms with Gasteiger partial charge in [0, 0.05) is 5.56 Å². The number of nitrogen functional groups attached to an aromatic ring is 1. The Bertz CT molecular complexity index is 423. The summed E-state index contributed by atoms with van der Waals surface area (Å²) in [5.41, 5.74) is 8.70. The van der Waals surface area contributed by atoms with Crippen LogP contribution in [0.4, 0.5) is 5.69 Å². The maximum Gasteiger partial charge on any atom is 0.149 e. The minimum atomic E-state index is 0.677. The SMILES string of the molecule is COc1c(N)cccc1-c1ccsc1. The lowest BCUT2D eigenvalue weighted by Crippen LogP contribution is -1.93. The van der Waals surface area contributed by atoms with Crippen molar-refractivity contribution in [3.8, 4) is 16.9 Å². The molecule has 2 nitrogen and oxygen atoms in total. The van der Waals surface area contributed by atoms with Gasteiger partial charge in [-0.1, -0.05) is 12.1 Å².